The zero-order valence-electron chi connectivity index (χ0n) is 14.6. The molecule has 1 aliphatic carbocycles. The fraction of sp³-hybridized carbons (Fsp3) is 0.227. The first kappa shape index (κ1) is 17.0. The number of hydrogen-bond acceptors (Lipinski definition) is 4. The standard InChI is InChI=1S/C22H18N2O3/c23-14-16-10-7-13-18-19(16)27-21(26)22(18,17-11-5-2-6-12-17)24-20(25)15-8-3-1-4-9-15/h1-6,8-9,11-12,18H,7,10,13H2,(H,24,25)/t18-,22-/m1/s1. The van der Waals surface area contributed by atoms with Crippen LogP contribution in [0.1, 0.15) is 35.2 Å². The number of nitriles is 1. The predicted molar refractivity (Wildman–Crippen MR) is 98.1 cm³/mol. The molecule has 1 N–H and O–H groups in total. The minimum Gasteiger partial charge on any atom is -0.428 e. The van der Waals surface area contributed by atoms with Gasteiger partial charge in [0.25, 0.3) is 5.91 Å². The zero-order valence-corrected chi connectivity index (χ0v) is 14.6. The van der Waals surface area contributed by atoms with Crippen molar-refractivity contribution < 1.29 is 14.3 Å². The molecule has 0 aromatic heterocycles. The number of nitrogens with zero attached hydrogens (tertiary/aromatic N) is 1. The molecule has 4 rings (SSSR count). The third-order valence-electron chi connectivity index (χ3n) is 5.29. The Morgan fingerprint density at radius 1 is 1.11 bits per heavy atom. The van der Waals surface area contributed by atoms with Crippen molar-refractivity contribution in [3.05, 3.63) is 83.1 Å². The van der Waals surface area contributed by atoms with Gasteiger partial charge in [-0.1, -0.05) is 48.5 Å². The minimum absolute atomic E-state index is 0.346. The molecule has 0 spiro atoms. The lowest BCUT2D eigenvalue weighted by Gasteiger charge is -2.34. The van der Waals surface area contributed by atoms with Crippen molar-refractivity contribution in [1.82, 2.24) is 5.32 Å². The maximum absolute atomic E-state index is 13.1. The molecule has 27 heavy (non-hydrogen) atoms. The topological polar surface area (TPSA) is 79.2 Å². The SMILES string of the molecule is N#CC1=C2OC(=O)[C@@](NC(=O)c3ccccc3)(c3ccccc3)[C@@H]2CCC1. The monoisotopic (exact) mass is 358 g/mol. The van der Waals surface area contributed by atoms with Crippen molar-refractivity contribution in [2.75, 3.05) is 0 Å². The second-order valence-corrected chi connectivity index (χ2v) is 6.78. The Balaban J connectivity index is 1.85. The van der Waals surface area contributed by atoms with E-state index in [0.717, 1.165) is 6.42 Å². The first-order chi connectivity index (χ1) is 13.2. The van der Waals surface area contributed by atoms with E-state index < -0.39 is 11.5 Å². The maximum Gasteiger partial charge on any atom is 0.342 e. The van der Waals surface area contributed by atoms with Crippen LogP contribution in [0, 0.1) is 17.2 Å². The molecule has 2 aromatic rings. The number of rotatable bonds is 3. The van der Waals surface area contributed by atoms with Crippen LogP contribution in [0.5, 0.6) is 0 Å². The number of fused-ring (bicyclic) bond motifs is 1. The summed E-state index contributed by atoms with van der Waals surface area (Å²) in [4.78, 5) is 26.1. The molecular weight excluding hydrogens is 340 g/mol. The fourth-order valence-corrected chi connectivity index (χ4v) is 4.00. The summed E-state index contributed by atoms with van der Waals surface area (Å²) in [5.74, 6) is -0.858. The molecule has 1 heterocycles. The van der Waals surface area contributed by atoms with E-state index in [4.69, 9.17) is 4.74 Å². The lowest BCUT2D eigenvalue weighted by atomic mass is 9.73. The van der Waals surface area contributed by atoms with E-state index >= 15 is 0 Å². The molecule has 1 aliphatic heterocycles. The van der Waals surface area contributed by atoms with Crippen LogP contribution in [0.4, 0.5) is 0 Å². The van der Waals surface area contributed by atoms with Gasteiger partial charge in [0, 0.05) is 5.56 Å². The Morgan fingerprint density at radius 2 is 1.78 bits per heavy atom. The molecule has 2 atom stereocenters. The summed E-state index contributed by atoms with van der Waals surface area (Å²) < 4.78 is 5.58. The summed E-state index contributed by atoms with van der Waals surface area (Å²) in [6.45, 7) is 0. The predicted octanol–water partition coefficient (Wildman–Crippen LogP) is 3.45. The van der Waals surface area contributed by atoms with Gasteiger partial charge >= 0.3 is 5.97 Å². The van der Waals surface area contributed by atoms with Gasteiger partial charge in [0.15, 0.2) is 5.54 Å². The van der Waals surface area contributed by atoms with Gasteiger partial charge in [0.1, 0.15) is 5.76 Å². The number of ether oxygens (including phenoxy) is 1. The van der Waals surface area contributed by atoms with Crippen molar-refractivity contribution in [3.63, 3.8) is 0 Å². The maximum atomic E-state index is 13.1. The quantitative estimate of drug-likeness (QED) is 0.853. The van der Waals surface area contributed by atoms with Crippen LogP contribution < -0.4 is 5.32 Å². The lowest BCUT2D eigenvalue weighted by molar-refractivity contribution is -0.141. The summed E-state index contributed by atoms with van der Waals surface area (Å²) in [5.41, 5.74) is 0.297. The molecule has 2 aromatic carbocycles. The van der Waals surface area contributed by atoms with Crippen LogP contribution in [-0.2, 0) is 15.1 Å². The minimum atomic E-state index is -1.33. The van der Waals surface area contributed by atoms with E-state index in [1.165, 1.54) is 0 Å². The molecule has 0 saturated carbocycles. The molecule has 134 valence electrons. The largest absolute Gasteiger partial charge is 0.428 e. The number of esters is 1. The Labute approximate surface area is 157 Å². The first-order valence-electron chi connectivity index (χ1n) is 8.95. The fourth-order valence-electron chi connectivity index (χ4n) is 4.00. The third kappa shape index (κ3) is 2.70. The average Bonchev–Trinajstić information content (AvgIpc) is 3.01. The second-order valence-electron chi connectivity index (χ2n) is 6.78. The van der Waals surface area contributed by atoms with Gasteiger partial charge in [-0.3, -0.25) is 4.79 Å². The van der Waals surface area contributed by atoms with Crippen LogP contribution in [0.3, 0.4) is 0 Å². The van der Waals surface area contributed by atoms with Gasteiger partial charge < -0.3 is 10.1 Å². The summed E-state index contributed by atoms with van der Waals surface area (Å²) in [7, 11) is 0. The highest BCUT2D eigenvalue weighted by molar-refractivity contribution is 6.00. The van der Waals surface area contributed by atoms with Crippen molar-refractivity contribution >= 4 is 11.9 Å². The van der Waals surface area contributed by atoms with Gasteiger partial charge in [0.05, 0.1) is 17.6 Å². The Hall–Kier alpha value is -3.39. The van der Waals surface area contributed by atoms with Gasteiger partial charge in [0.2, 0.25) is 0 Å². The van der Waals surface area contributed by atoms with E-state index in [9.17, 15) is 14.9 Å². The van der Waals surface area contributed by atoms with Gasteiger partial charge in [-0.15, -0.1) is 0 Å². The second kappa shape index (κ2) is 6.73. The average molecular weight is 358 g/mol. The number of hydrogen-bond donors (Lipinski definition) is 1. The summed E-state index contributed by atoms with van der Waals surface area (Å²) in [6.07, 6.45) is 2.02. The Bertz CT molecular complexity index is 960. The Kier molecular flexibility index (Phi) is 4.25. The van der Waals surface area contributed by atoms with E-state index in [0.29, 0.717) is 35.3 Å². The molecule has 1 saturated heterocycles. The van der Waals surface area contributed by atoms with Crippen molar-refractivity contribution in [2.45, 2.75) is 24.8 Å². The molecular formula is C22H18N2O3. The first-order valence-corrected chi connectivity index (χ1v) is 8.95. The van der Waals surface area contributed by atoms with E-state index in [1.54, 1.807) is 24.3 Å². The summed E-state index contributed by atoms with van der Waals surface area (Å²) in [5, 5.41) is 12.4. The van der Waals surface area contributed by atoms with Crippen molar-refractivity contribution in [1.29, 1.82) is 5.26 Å². The van der Waals surface area contributed by atoms with Crippen molar-refractivity contribution in [2.24, 2.45) is 5.92 Å². The van der Waals surface area contributed by atoms with Crippen LogP contribution >= 0.6 is 0 Å². The van der Waals surface area contributed by atoms with Crippen LogP contribution in [0.2, 0.25) is 0 Å². The molecule has 0 radical (unpaired) electrons. The molecule has 1 amide bonds. The van der Waals surface area contributed by atoms with Crippen LogP contribution in [0.25, 0.3) is 0 Å². The van der Waals surface area contributed by atoms with Crippen LogP contribution in [0.15, 0.2) is 72.0 Å². The molecule has 1 fully saturated rings. The number of nitrogens with one attached hydrogen (secondary N) is 1. The molecule has 2 aliphatic rings. The van der Waals surface area contributed by atoms with E-state index in [1.807, 2.05) is 36.4 Å². The van der Waals surface area contributed by atoms with Gasteiger partial charge in [-0.05, 0) is 37.0 Å². The highest BCUT2D eigenvalue weighted by Gasteiger charge is 2.58. The summed E-state index contributed by atoms with van der Waals surface area (Å²) in [6, 6.07) is 20.1. The van der Waals surface area contributed by atoms with E-state index in [-0.39, 0.29) is 11.8 Å². The number of carbonyl (C=O) groups excluding carboxylic acids is 2. The third-order valence-corrected chi connectivity index (χ3v) is 5.29. The molecule has 5 heteroatoms. The highest BCUT2D eigenvalue weighted by atomic mass is 16.5. The smallest absolute Gasteiger partial charge is 0.342 e. The number of amides is 1. The molecule has 5 nitrogen and oxygen atoms in total. The molecule has 0 unspecified atom stereocenters. The van der Waals surface area contributed by atoms with E-state index in [2.05, 4.69) is 11.4 Å². The highest BCUT2D eigenvalue weighted by Crippen LogP contribution is 2.49. The zero-order chi connectivity index (χ0) is 18.9. The number of benzene rings is 2. The lowest BCUT2D eigenvalue weighted by Crippen LogP contribution is -2.53. The number of allylic oxidation sites excluding steroid dienone is 1. The number of carbonyl (C=O) groups is 2. The van der Waals surface area contributed by atoms with Crippen LogP contribution in [-0.4, -0.2) is 11.9 Å². The van der Waals surface area contributed by atoms with Crippen molar-refractivity contribution in [3.8, 4) is 6.07 Å². The molecule has 0 bridgehead atoms. The Morgan fingerprint density at radius 3 is 2.44 bits per heavy atom. The summed E-state index contributed by atoms with van der Waals surface area (Å²) >= 11 is 0. The normalized spacial score (nSPS) is 24.0. The van der Waals surface area contributed by atoms with Gasteiger partial charge in [-0.25, -0.2) is 4.79 Å². The van der Waals surface area contributed by atoms with Gasteiger partial charge in [-0.2, -0.15) is 5.26 Å².